The third-order valence-corrected chi connectivity index (χ3v) is 18.7. The van der Waals surface area contributed by atoms with Gasteiger partial charge in [-0.05, 0) is 183 Å². The molecule has 2 unspecified atom stereocenters. The molecule has 0 N–H and O–H groups in total. The lowest BCUT2D eigenvalue weighted by atomic mass is 9.62. The highest BCUT2D eigenvalue weighted by molar-refractivity contribution is 5.22. The molecule has 5 aliphatic rings. The van der Waals surface area contributed by atoms with Gasteiger partial charge in [0.1, 0.15) is 0 Å². The van der Waals surface area contributed by atoms with E-state index in [9.17, 15) is 0 Å². The van der Waals surface area contributed by atoms with Crippen LogP contribution < -0.4 is 0 Å². The van der Waals surface area contributed by atoms with Gasteiger partial charge in [-0.15, -0.1) is 0 Å². The molecule has 1 nitrogen and oxygen atoms in total. The topological polar surface area (TPSA) is 9.23 Å². The van der Waals surface area contributed by atoms with Crippen molar-refractivity contribution in [3.05, 3.63) is 71.8 Å². The molecular formula is C90H174O. The minimum atomic E-state index is 0.293. The molecule has 5 aliphatic carbocycles. The maximum atomic E-state index is 4.92. The standard InChI is InChI=1S/C13H24.C11H22.C11H16.C10H20.C10H14.C9H20.C7H16O.C7H14.C7H16.C5H12/c1-13(2,3)12-8-10-5-4-6-11(7-10)9-12;2*1-11(2,3)9-10-7-5-4-6-8-10;2*1-10(2,3)9-7-5-4-6-8-9;1-8(2,3)7-9(4,5)6;1-7(2,3)5-6-8-4;1-7(2,3)6-4-5-6;1-6(2)7(3,4)5;1-5(2,3)4/h10-12H,4-9H2,1-3H3;10H,4-9H2,1-3H3;4-8H,9H2,1-3H3;9H,4-8H2,1-3H3;4-8H,1-3H3;7H2,1-6H3;5-6H2,1-4H3;6H,4-5H2,1-3H3;6H,1-5H3;1-4H3. The Bertz CT molecular complexity index is 1930. The van der Waals surface area contributed by atoms with Crippen LogP contribution in [0.4, 0.5) is 0 Å². The third kappa shape index (κ3) is 62.9. The van der Waals surface area contributed by atoms with Gasteiger partial charge in [-0.3, -0.25) is 0 Å². The largest absolute Gasteiger partial charge is 0.385 e. The molecule has 0 saturated heterocycles. The summed E-state index contributed by atoms with van der Waals surface area (Å²) in [6.07, 6.45) is 32.0. The average molecular weight is 1270 g/mol. The zero-order valence-electron chi connectivity index (χ0n) is 70.0. The molecule has 2 aromatic carbocycles. The second-order valence-corrected chi connectivity index (χ2v) is 43.0. The second-order valence-electron chi connectivity index (χ2n) is 43.0. The fourth-order valence-electron chi connectivity index (χ4n) is 12.8. The Hall–Kier alpha value is -1.60. The smallest absolute Gasteiger partial charge is 0.0467 e. The number of ether oxygens (including phenoxy) is 1. The molecule has 540 valence electrons. The summed E-state index contributed by atoms with van der Waals surface area (Å²) < 4.78 is 4.92. The third-order valence-electron chi connectivity index (χ3n) is 18.7. The van der Waals surface area contributed by atoms with Crippen LogP contribution in [0, 0.1) is 95.6 Å². The van der Waals surface area contributed by atoms with Gasteiger partial charge >= 0.3 is 0 Å². The Labute approximate surface area is 578 Å². The molecule has 5 saturated carbocycles. The average Bonchev–Trinajstić information content (AvgIpc) is 1.16. The maximum Gasteiger partial charge on any atom is 0.0467 e. The molecule has 0 aliphatic heterocycles. The zero-order chi connectivity index (χ0) is 71.7. The zero-order valence-corrected chi connectivity index (χ0v) is 70.0. The fraction of sp³-hybridized carbons (Fsp3) is 0.867. The Morgan fingerprint density at radius 1 is 0.374 bits per heavy atom. The van der Waals surface area contributed by atoms with E-state index in [1.165, 1.54) is 133 Å². The van der Waals surface area contributed by atoms with E-state index < -0.39 is 0 Å². The number of methoxy groups -OCH3 is 1. The number of hydrogen-bond donors (Lipinski definition) is 0. The highest BCUT2D eigenvalue weighted by atomic mass is 16.5. The lowest BCUT2D eigenvalue weighted by Gasteiger charge is -2.44. The molecule has 1 heteroatoms. The molecule has 5 fully saturated rings. The van der Waals surface area contributed by atoms with Crippen molar-refractivity contribution in [1.29, 1.82) is 0 Å². The number of benzene rings is 2. The van der Waals surface area contributed by atoms with Gasteiger partial charge in [0.25, 0.3) is 0 Å². The van der Waals surface area contributed by atoms with Crippen LogP contribution in [-0.2, 0) is 16.6 Å². The van der Waals surface area contributed by atoms with Crippen molar-refractivity contribution in [3.63, 3.8) is 0 Å². The van der Waals surface area contributed by atoms with Gasteiger partial charge in [0.05, 0.1) is 0 Å². The Kier molecular flexibility index (Phi) is 44.2. The van der Waals surface area contributed by atoms with Crippen molar-refractivity contribution < 1.29 is 4.74 Å². The summed E-state index contributed by atoms with van der Waals surface area (Å²) >= 11 is 0. The van der Waals surface area contributed by atoms with E-state index in [1.54, 1.807) is 13.5 Å². The Morgan fingerprint density at radius 2 is 0.725 bits per heavy atom. The summed E-state index contributed by atoms with van der Waals surface area (Å²) in [6, 6.07) is 21.2. The maximum absolute atomic E-state index is 4.92. The van der Waals surface area contributed by atoms with Crippen molar-refractivity contribution in [2.45, 2.75) is 396 Å². The number of hydrogen-bond acceptors (Lipinski definition) is 1. The first-order chi connectivity index (χ1) is 40.7. The summed E-state index contributed by atoms with van der Waals surface area (Å²) in [4.78, 5) is 0. The Balaban J connectivity index is -0.000000954. The summed E-state index contributed by atoms with van der Waals surface area (Å²) in [5.74, 6) is 7.09. The SMILES string of the molecule is CC(C)(C)C.CC(C)(C)C1CC1.CC(C)(C)C1CC2CCCC(C2)C1.CC(C)(C)C1CCCCC1.CC(C)(C)CC(C)(C)C.CC(C)(C)CC1CCCCC1.CC(C)(C)Cc1ccccc1.CC(C)(C)c1ccccc1.CC(C)C(C)(C)C.COCCC(C)(C)C. The van der Waals surface area contributed by atoms with Crippen LogP contribution in [0.25, 0.3) is 0 Å². The van der Waals surface area contributed by atoms with Crippen molar-refractivity contribution >= 4 is 0 Å². The lowest BCUT2D eigenvalue weighted by Crippen LogP contribution is -2.33. The first-order valence-corrected chi connectivity index (χ1v) is 38.3. The highest BCUT2D eigenvalue weighted by Gasteiger charge is 2.37. The molecule has 7 rings (SSSR count). The van der Waals surface area contributed by atoms with Gasteiger partial charge < -0.3 is 4.74 Å². The van der Waals surface area contributed by atoms with Gasteiger partial charge in [-0.25, -0.2) is 0 Å². The van der Waals surface area contributed by atoms with E-state index in [0.717, 1.165) is 60.9 Å². The van der Waals surface area contributed by atoms with E-state index in [2.05, 4.69) is 310 Å². The van der Waals surface area contributed by atoms with E-state index >= 15 is 0 Å². The Morgan fingerprint density at radius 3 is 0.956 bits per heavy atom. The summed E-state index contributed by atoms with van der Waals surface area (Å²) in [7, 11) is 1.74. The minimum absolute atomic E-state index is 0.293. The van der Waals surface area contributed by atoms with Gasteiger partial charge in [0.2, 0.25) is 0 Å². The first kappa shape index (κ1) is 93.6. The lowest BCUT2D eigenvalue weighted by molar-refractivity contribution is 0.0701. The predicted molar refractivity (Wildman–Crippen MR) is 420 cm³/mol. The molecule has 2 bridgehead atoms. The highest BCUT2D eigenvalue weighted by Crippen LogP contribution is 2.48. The summed E-state index contributed by atoms with van der Waals surface area (Å²) in [5, 5.41) is 0. The summed E-state index contributed by atoms with van der Waals surface area (Å²) in [6.45, 7) is 83.2. The van der Waals surface area contributed by atoms with E-state index in [0.29, 0.717) is 59.6 Å². The van der Waals surface area contributed by atoms with Gasteiger partial charge in [-0.2, -0.15) is 0 Å². The normalized spacial score (nSPS) is 19.5. The van der Waals surface area contributed by atoms with Crippen molar-refractivity contribution in [2.75, 3.05) is 13.7 Å². The van der Waals surface area contributed by atoms with Crippen LogP contribution in [0.5, 0.6) is 0 Å². The molecular weight excluding hydrogens is 1100 g/mol. The van der Waals surface area contributed by atoms with Gasteiger partial charge in [0, 0.05) is 13.7 Å². The summed E-state index contributed by atoms with van der Waals surface area (Å²) in [5.41, 5.74) is 8.22. The fourth-order valence-corrected chi connectivity index (χ4v) is 12.8. The molecule has 0 heterocycles. The van der Waals surface area contributed by atoms with Crippen molar-refractivity contribution in [1.82, 2.24) is 0 Å². The van der Waals surface area contributed by atoms with Crippen LogP contribution in [-0.4, -0.2) is 13.7 Å². The van der Waals surface area contributed by atoms with E-state index in [-0.39, 0.29) is 0 Å². The second kappa shape index (κ2) is 42.9. The van der Waals surface area contributed by atoms with Crippen LogP contribution in [0.1, 0.15) is 395 Å². The van der Waals surface area contributed by atoms with Crippen LogP contribution in [0.15, 0.2) is 60.7 Å². The predicted octanol–water partition coefficient (Wildman–Crippen LogP) is 30.8. The van der Waals surface area contributed by atoms with Crippen molar-refractivity contribution in [3.8, 4) is 0 Å². The van der Waals surface area contributed by atoms with Crippen LogP contribution in [0.3, 0.4) is 0 Å². The monoisotopic (exact) mass is 1270 g/mol. The van der Waals surface area contributed by atoms with E-state index in [1.807, 2.05) is 0 Å². The molecule has 2 aromatic rings. The molecule has 0 spiro atoms. The van der Waals surface area contributed by atoms with Gasteiger partial charge in [-0.1, -0.05) is 381 Å². The molecule has 2 atom stereocenters. The quantitative estimate of drug-likeness (QED) is 0.296. The van der Waals surface area contributed by atoms with Gasteiger partial charge in [0.15, 0.2) is 0 Å². The van der Waals surface area contributed by atoms with Crippen LogP contribution in [0.2, 0.25) is 0 Å². The minimum Gasteiger partial charge on any atom is -0.385 e. The number of fused-ring (bicyclic) bond motifs is 2. The molecule has 91 heavy (non-hydrogen) atoms. The first-order valence-electron chi connectivity index (χ1n) is 38.3. The molecule has 0 amide bonds. The number of rotatable bonds is 4. The van der Waals surface area contributed by atoms with E-state index in [4.69, 9.17) is 4.74 Å². The molecule has 0 radical (unpaired) electrons. The van der Waals surface area contributed by atoms with Crippen LogP contribution >= 0.6 is 0 Å². The molecule has 0 aromatic heterocycles. The van der Waals surface area contributed by atoms with Crippen molar-refractivity contribution in [2.24, 2.45) is 95.6 Å².